The highest BCUT2D eigenvalue weighted by atomic mass is 19.1. The van der Waals surface area contributed by atoms with Crippen molar-refractivity contribution >= 4 is 56.6 Å². The van der Waals surface area contributed by atoms with Gasteiger partial charge in [-0.25, -0.2) is 28.2 Å². The Morgan fingerprint density at radius 1 is 0.708 bits per heavy atom. The second kappa shape index (κ2) is 16.5. The van der Waals surface area contributed by atoms with Crippen molar-refractivity contribution in [3.63, 3.8) is 0 Å². The number of carbonyl (C=O) groups excluding carboxylic acids is 2. The van der Waals surface area contributed by atoms with Gasteiger partial charge in [-0.1, -0.05) is 26.7 Å². The molecule has 3 N–H and O–H groups in total. The van der Waals surface area contributed by atoms with Crippen LogP contribution in [0.15, 0.2) is 67.4 Å². The van der Waals surface area contributed by atoms with Crippen LogP contribution in [-0.2, 0) is 9.59 Å². The molecule has 0 radical (unpaired) electrons. The summed E-state index contributed by atoms with van der Waals surface area (Å²) in [6.45, 7) is 10.0. The molecule has 2 saturated carbocycles. The number of rotatable bonds is 14. The fraction of sp³-hybridized carbons (Fsp3) is 0.354. The molecule has 0 aliphatic heterocycles. The van der Waals surface area contributed by atoms with Crippen LogP contribution in [0.3, 0.4) is 0 Å². The molecule has 8 heterocycles. The molecule has 332 valence electrons. The van der Waals surface area contributed by atoms with E-state index in [1.807, 2.05) is 62.6 Å². The maximum absolute atomic E-state index is 13.8. The van der Waals surface area contributed by atoms with Crippen molar-refractivity contribution in [1.29, 1.82) is 0 Å². The van der Waals surface area contributed by atoms with E-state index in [0.29, 0.717) is 57.8 Å². The average Bonchev–Trinajstić information content (AvgIpc) is 4.11. The summed E-state index contributed by atoms with van der Waals surface area (Å²) in [5.74, 6) is -1.51. The third-order valence-corrected chi connectivity index (χ3v) is 12.4. The SMILES string of the molecule is CCC[C@H](Oc1nc2c(-c3cnc([C@@H](O)CCC)cc3C)cc3cnc(NC(=O)[C@H]4C[C@H]4F)cc3n2n1)c1cc(C)c(-c2cc3cnc(NC(=O)[C@H]4C[C@H]4F)cc3n3c(C)cnc23)cn1. The fourth-order valence-corrected chi connectivity index (χ4v) is 8.56. The topological polar surface area (TPSA) is 187 Å². The lowest BCUT2D eigenvalue weighted by atomic mass is 10.00. The molecule has 15 nitrogen and oxygen atoms in total. The lowest BCUT2D eigenvalue weighted by molar-refractivity contribution is -0.118. The number of aromatic nitrogens is 9. The molecule has 2 aliphatic carbocycles. The van der Waals surface area contributed by atoms with Crippen molar-refractivity contribution in [3.8, 4) is 28.3 Å². The van der Waals surface area contributed by atoms with Gasteiger partial charge in [0, 0.05) is 81.8 Å². The van der Waals surface area contributed by atoms with Crippen molar-refractivity contribution in [3.05, 3.63) is 95.6 Å². The van der Waals surface area contributed by atoms with E-state index < -0.39 is 42.3 Å². The highest BCUT2D eigenvalue weighted by molar-refractivity contribution is 5.99. The molecule has 65 heavy (non-hydrogen) atoms. The molecule has 0 bridgehead atoms. The highest BCUT2D eigenvalue weighted by Gasteiger charge is 2.44. The smallest absolute Gasteiger partial charge is 0.337 e. The number of pyridine rings is 6. The molecular formula is C48H47F2N11O4. The van der Waals surface area contributed by atoms with E-state index in [1.54, 1.807) is 41.4 Å². The molecule has 2 fully saturated rings. The van der Waals surface area contributed by atoms with E-state index in [9.17, 15) is 23.5 Å². The van der Waals surface area contributed by atoms with Crippen molar-refractivity contribution in [2.24, 2.45) is 11.8 Å². The van der Waals surface area contributed by atoms with E-state index in [-0.39, 0.29) is 30.6 Å². The lowest BCUT2D eigenvalue weighted by Crippen LogP contribution is -2.16. The van der Waals surface area contributed by atoms with Crippen LogP contribution >= 0.6 is 0 Å². The van der Waals surface area contributed by atoms with Gasteiger partial charge in [-0.05, 0) is 81.8 Å². The Morgan fingerprint density at radius 2 is 1.26 bits per heavy atom. The number of nitrogens with zero attached hydrogens (tertiary/aromatic N) is 9. The van der Waals surface area contributed by atoms with Gasteiger partial charge >= 0.3 is 6.01 Å². The predicted octanol–water partition coefficient (Wildman–Crippen LogP) is 8.87. The molecule has 0 unspecified atom stereocenters. The molecule has 2 amide bonds. The first-order valence-electron chi connectivity index (χ1n) is 22.0. The molecule has 2 aliphatic rings. The van der Waals surface area contributed by atoms with Crippen LogP contribution in [0.4, 0.5) is 20.4 Å². The van der Waals surface area contributed by atoms with E-state index in [0.717, 1.165) is 57.3 Å². The van der Waals surface area contributed by atoms with Crippen LogP contribution in [0.1, 0.15) is 92.8 Å². The maximum atomic E-state index is 13.8. The Bertz CT molecular complexity index is 3210. The van der Waals surface area contributed by atoms with Gasteiger partial charge in [0.05, 0.1) is 40.4 Å². The van der Waals surface area contributed by atoms with Gasteiger partial charge in [-0.15, -0.1) is 5.10 Å². The predicted molar refractivity (Wildman–Crippen MR) is 241 cm³/mol. The summed E-state index contributed by atoms with van der Waals surface area (Å²) in [6, 6.07) is 11.4. The van der Waals surface area contributed by atoms with Gasteiger partial charge in [0.15, 0.2) is 5.65 Å². The van der Waals surface area contributed by atoms with Gasteiger partial charge in [0.25, 0.3) is 0 Å². The highest BCUT2D eigenvalue weighted by Crippen LogP contribution is 2.39. The number of nitrogens with one attached hydrogen (secondary N) is 2. The van der Waals surface area contributed by atoms with Crippen LogP contribution in [0, 0.1) is 32.6 Å². The molecule has 17 heteroatoms. The second-order valence-corrected chi connectivity index (χ2v) is 17.3. The number of ether oxygens (including phenoxy) is 1. The summed E-state index contributed by atoms with van der Waals surface area (Å²) >= 11 is 0. The minimum Gasteiger partial charge on any atom is -0.453 e. The molecular weight excluding hydrogens is 833 g/mol. The van der Waals surface area contributed by atoms with Crippen LogP contribution in [0.2, 0.25) is 0 Å². The number of fused-ring (bicyclic) bond motifs is 6. The number of aryl methyl sites for hydroxylation is 3. The third kappa shape index (κ3) is 7.87. The summed E-state index contributed by atoms with van der Waals surface area (Å²) in [5, 5.41) is 22.6. The minimum absolute atomic E-state index is 0.107. The number of amides is 2. The summed E-state index contributed by atoms with van der Waals surface area (Å²) < 4.78 is 37.7. The number of imidazole rings is 1. The van der Waals surface area contributed by atoms with E-state index >= 15 is 0 Å². The van der Waals surface area contributed by atoms with Gasteiger partial charge in [-0.3, -0.25) is 24.0 Å². The number of hydrogen-bond acceptors (Lipinski definition) is 11. The Kier molecular flexibility index (Phi) is 10.7. The minimum atomic E-state index is -1.15. The van der Waals surface area contributed by atoms with Gasteiger partial charge in [-0.2, -0.15) is 4.98 Å². The van der Waals surface area contributed by atoms with Crippen molar-refractivity contribution in [2.45, 2.75) is 97.7 Å². The van der Waals surface area contributed by atoms with Crippen LogP contribution in [-0.4, -0.2) is 73.2 Å². The first-order chi connectivity index (χ1) is 31.4. The number of alkyl halides is 2. The Balaban J connectivity index is 1.00. The molecule has 6 atom stereocenters. The number of carbonyl (C=O) groups is 2. The molecule has 0 spiro atoms. The molecule has 10 rings (SSSR count). The summed E-state index contributed by atoms with van der Waals surface area (Å²) in [7, 11) is 0. The zero-order valence-electron chi connectivity index (χ0n) is 36.5. The number of halogens is 2. The number of aliphatic hydroxyl groups excluding tert-OH is 1. The van der Waals surface area contributed by atoms with Crippen molar-refractivity contribution < 1.29 is 28.2 Å². The molecule has 0 aromatic carbocycles. The third-order valence-electron chi connectivity index (χ3n) is 12.4. The monoisotopic (exact) mass is 879 g/mol. The first kappa shape index (κ1) is 42.0. The number of anilines is 2. The van der Waals surface area contributed by atoms with E-state index in [2.05, 4.69) is 32.5 Å². The summed E-state index contributed by atoms with van der Waals surface area (Å²) in [5.41, 5.74) is 9.74. The largest absolute Gasteiger partial charge is 0.453 e. The van der Waals surface area contributed by atoms with Gasteiger partial charge < -0.3 is 20.5 Å². The summed E-state index contributed by atoms with van der Waals surface area (Å²) in [4.78, 5) is 53.5. The number of hydrogen-bond donors (Lipinski definition) is 3. The molecule has 8 aromatic heterocycles. The molecule has 8 aromatic rings. The Labute approximate surface area is 371 Å². The first-order valence-corrected chi connectivity index (χ1v) is 22.0. The second-order valence-electron chi connectivity index (χ2n) is 17.3. The number of aliphatic hydroxyl groups is 1. The zero-order chi connectivity index (χ0) is 45.3. The van der Waals surface area contributed by atoms with Crippen molar-refractivity contribution in [1.82, 2.24) is 43.9 Å². The van der Waals surface area contributed by atoms with Crippen LogP contribution in [0.25, 0.3) is 55.4 Å². The van der Waals surface area contributed by atoms with Gasteiger partial charge in [0.2, 0.25) is 11.8 Å². The zero-order valence-corrected chi connectivity index (χ0v) is 36.5. The van der Waals surface area contributed by atoms with E-state index in [1.165, 1.54) is 0 Å². The maximum Gasteiger partial charge on any atom is 0.337 e. The van der Waals surface area contributed by atoms with Crippen molar-refractivity contribution in [2.75, 3.05) is 10.6 Å². The lowest BCUT2D eigenvalue weighted by Gasteiger charge is -2.18. The Hall–Kier alpha value is -7.01. The fourth-order valence-electron chi connectivity index (χ4n) is 8.56. The Morgan fingerprint density at radius 3 is 1.85 bits per heavy atom. The standard InChI is InChI=1S/C48H47F2N11O4/c1-6-8-40(62)36-10-23(3)33(21-51-36)29-13-27-20-54-43(57-47(64)31-15-35(31)50)17-39(27)61-45(29)58-48(59-61)65-41(9-7-2)37-11-24(4)32(22-52-37)28-12-26-19-53-42(56-46(63)30-14-34(30)49)16-38(26)60-25(5)18-55-44(28)60/h10-13,16-22,30-31,34-35,40-41,62H,6-9,14-15H2,1-5H3,(H,53,56,63)(H,54,57,64)/t30-,31-,34+,35+,40-,41-/m0/s1. The van der Waals surface area contributed by atoms with Crippen LogP contribution < -0.4 is 15.4 Å². The normalized spacial score (nSPS) is 18.9. The quantitative estimate of drug-likeness (QED) is 0.0947. The summed E-state index contributed by atoms with van der Waals surface area (Å²) in [6.07, 6.45) is 8.41. The molecule has 0 saturated heterocycles. The van der Waals surface area contributed by atoms with Gasteiger partial charge in [0.1, 0.15) is 35.7 Å². The average molecular weight is 880 g/mol. The van der Waals surface area contributed by atoms with E-state index in [4.69, 9.17) is 24.8 Å². The van der Waals surface area contributed by atoms with Crippen LogP contribution in [0.5, 0.6) is 6.01 Å².